The van der Waals surface area contributed by atoms with Gasteiger partial charge in [0, 0.05) is 5.56 Å². The number of benzene rings is 1. The van der Waals surface area contributed by atoms with Crippen molar-refractivity contribution in [3.63, 3.8) is 0 Å². The lowest BCUT2D eigenvalue weighted by molar-refractivity contribution is 0.0843. The molecule has 0 N–H and O–H groups in total. The Balaban J connectivity index is 3.01. The maximum absolute atomic E-state index is 13.7. The number of alkyl halides is 2. The molecule has 0 aromatic heterocycles. The first kappa shape index (κ1) is 12.2. The molecule has 0 saturated heterocycles. The van der Waals surface area contributed by atoms with Gasteiger partial charge in [0.1, 0.15) is 5.75 Å². The minimum atomic E-state index is -1.99. The van der Waals surface area contributed by atoms with E-state index in [1.54, 1.807) is 25.1 Å². The highest BCUT2D eigenvalue weighted by atomic mass is 79.9. The molecule has 1 atom stereocenters. The molecule has 0 amide bonds. The molecule has 0 radical (unpaired) electrons. The van der Waals surface area contributed by atoms with Crippen molar-refractivity contribution in [1.29, 1.82) is 0 Å². The quantitative estimate of drug-likeness (QED) is 0.622. The number of ketones is 1. The summed E-state index contributed by atoms with van der Waals surface area (Å²) in [4.78, 5) is 11.7. The first-order valence-corrected chi connectivity index (χ1v) is 5.37. The van der Waals surface area contributed by atoms with Crippen molar-refractivity contribution in [1.82, 2.24) is 0 Å². The van der Waals surface area contributed by atoms with Gasteiger partial charge in [-0.2, -0.15) is 0 Å². The predicted molar refractivity (Wildman–Crippen MR) is 60.4 cm³/mol. The average Bonchev–Trinajstić information content (AvgIpc) is 2.28. The van der Waals surface area contributed by atoms with E-state index in [0.29, 0.717) is 11.3 Å². The second-order valence-electron chi connectivity index (χ2n) is 3.12. The molecular formula is C11H12BrFO2. The highest BCUT2D eigenvalue weighted by Gasteiger charge is 2.33. The van der Waals surface area contributed by atoms with Crippen LogP contribution in [0.2, 0.25) is 0 Å². The number of ether oxygens (including phenoxy) is 1. The average molecular weight is 275 g/mol. The van der Waals surface area contributed by atoms with E-state index in [1.807, 2.05) is 0 Å². The zero-order valence-electron chi connectivity index (χ0n) is 8.59. The summed E-state index contributed by atoms with van der Waals surface area (Å²) in [6.07, 6.45) is 0.0864. The molecule has 0 aliphatic carbocycles. The van der Waals surface area contributed by atoms with Gasteiger partial charge in [-0.05, 0) is 34.5 Å². The number of rotatable bonds is 4. The molecule has 0 fully saturated rings. The molecule has 1 aromatic carbocycles. The van der Waals surface area contributed by atoms with Gasteiger partial charge in [0.2, 0.25) is 10.4 Å². The molecule has 2 nitrogen and oxygen atoms in total. The van der Waals surface area contributed by atoms with E-state index in [4.69, 9.17) is 4.74 Å². The van der Waals surface area contributed by atoms with Crippen molar-refractivity contribution in [2.75, 3.05) is 7.11 Å². The third kappa shape index (κ3) is 2.78. The number of carbonyl (C=O) groups excluding carboxylic acids is 1. The van der Waals surface area contributed by atoms with Crippen LogP contribution in [0.1, 0.15) is 23.7 Å². The third-order valence-corrected chi connectivity index (χ3v) is 3.03. The van der Waals surface area contributed by atoms with E-state index in [9.17, 15) is 9.18 Å². The zero-order valence-corrected chi connectivity index (χ0v) is 10.2. The molecule has 82 valence electrons. The first-order valence-electron chi connectivity index (χ1n) is 4.58. The van der Waals surface area contributed by atoms with Crippen LogP contribution in [-0.2, 0) is 0 Å². The van der Waals surface area contributed by atoms with Crippen LogP contribution in [-0.4, -0.2) is 17.5 Å². The zero-order chi connectivity index (χ0) is 11.5. The summed E-state index contributed by atoms with van der Waals surface area (Å²) in [6.45, 7) is 1.60. The van der Waals surface area contributed by atoms with E-state index in [-0.39, 0.29) is 6.42 Å². The number of hydrogen-bond acceptors (Lipinski definition) is 2. The SMILES string of the molecule is CC[C@](F)(Br)C(=O)c1cccc(OC)c1. The second kappa shape index (κ2) is 4.75. The lowest BCUT2D eigenvalue weighted by atomic mass is 10.1. The smallest absolute Gasteiger partial charge is 0.226 e. The van der Waals surface area contributed by atoms with Crippen LogP contribution in [0.3, 0.4) is 0 Å². The van der Waals surface area contributed by atoms with Crippen LogP contribution < -0.4 is 4.74 Å². The molecular weight excluding hydrogens is 263 g/mol. The number of hydrogen-bond donors (Lipinski definition) is 0. The Labute approximate surface area is 96.6 Å². The molecule has 15 heavy (non-hydrogen) atoms. The van der Waals surface area contributed by atoms with Crippen molar-refractivity contribution in [3.8, 4) is 5.75 Å². The molecule has 0 heterocycles. The lowest BCUT2D eigenvalue weighted by Gasteiger charge is -2.14. The van der Waals surface area contributed by atoms with Gasteiger partial charge in [-0.1, -0.05) is 19.1 Å². The minimum Gasteiger partial charge on any atom is -0.497 e. The van der Waals surface area contributed by atoms with Gasteiger partial charge in [-0.3, -0.25) is 4.79 Å². The van der Waals surface area contributed by atoms with Gasteiger partial charge in [-0.25, -0.2) is 4.39 Å². The standard InChI is InChI=1S/C11H12BrFO2/c1-3-11(12,13)10(14)8-5-4-6-9(7-8)15-2/h4-7H,3H2,1-2H3/t11-/m1/s1. The third-order valence-electron chi connectivity index (χ3n) is 2.11. The van der Waals surface area contributed by atoms with Gasteiger partial charge in [-0.15, -0.1) is 0 Å². The summed E-state index contributed by atoms with van der Waals surface area (Å²) < 4.78 is 16.6. The molecule has 1 rings (SSSR count). The van der Waals surface area contributed by atoms with E-state index in [0.717, 1.165) is 0 Å². The number of Topliss-reactive ketones (excluding diaryl/α,β-unsaturated/α-hetero) is 1. The molecule has 0 saturated carbocycles. The van der Waals surface area contributed by atoms with Crippen LogP contribution in [0.5, 0.6) is 5.75 Å². The van der Waals surface area contributed by atoms with Crippen LogP contribution in [0.15, 0.2) is 24.3 Å². The second-order valence-corrected chi connectivity index (χ2v) is 4.38. The Bertz CT molecular complexity index is 363. The monoisotopic (exact) mass is 274 g/mol. The van der Waals surface area contributed by atoms with Crippen LogP contribution in [0.4, 0.5) is 4.39 Å². The first-order chi connectivity index (χ1) is 7.01. The van der Waals surface area contributed by atoms with E-state index in [1.165, 1.54) is 13.2 Å². The van der Waals surface area contributed by atoms with E-state index in [2.05, 4.69) is 15.9 Å². The lowest BCUT2D eigenvalue weighted by Crippen LogP contribution is -2.25. The van der Waals surface area contributed by atoms with Crippen molar-refractivity contribution in [3.05, 3.63) is 29.8 Å². The molecule has 0 bridgehead atoms. The van der Waals surface area contributed by atoms with Gasteiger partial charge in [0.25, 0.3) is 0 Å². The summed E-state index contributed by atoms with van der Waals surface area (Å²) in [6, 6.07) is 6.45. The minimum absolute atomic E-state index is 0.0864. The van der Waals surface area contributed by atoms with Gasteiger partial charge >= 0.3 is 0 Å². The Morgan fingerprint density at radius 2 is 2.27 bits per heavy atom. The van der Waals surface area contributed by atoms with Crippen LogP contribution >= 0.6 is 15.9 Å². The Morgan fingerprint density at radius 1 is 1.60 bits per heavy atom. The normalized spacial score (nSPS) is 14.4. The summed E-state index contributed by atoms with van der Waals surface area (Å²) in [5, 5.41) is 0. The Hall–Kier alpha value is -0.900. The molecule has 4 heteroatoms. The topological polar surface area (TPSA) is 26.3 Å². The van der Waals surface area contributed by atoms with Crippen molar-refractivity contribution in [2.24, 2.45) is 0 Å². The van der Waals surface area contributed by atoms with Gasteiger partial charge in [0.15, 0.2) is 0 Å². The van der Waals surface area contributed by atoms with E-state index < -0.39 is 10.4 Å². The fourth-order valence-corrected chi connectivity index (χ4v) is 1.36. The summed E-state index contributed by atoms with van der Waals surface area (Å²) in [5.74, 6) is -0.0378. The summed E-state index contributed by atoms with van der Waals surface area (Å²) >= 11 is 2.77. The Kier molecular flexibility index (Phi) is 3.85. The van der Waals surface area contributed by atoms with Gasteiger partial charge in [0.05, 0.1) is 7.11 Å². The summed E-state index contributed by atoms with van der Waals surface area (Å²) in [5.41, 5.74) is 0.301. The van der Waals surface area contributed by atoms with Crippen LogP contribution in [0, 0.1) is 0 Å². The molecule has 0 spiro atoms. The van der Waals surface area contributed by atoms with Crippen molar-refractivity contribution >= 4 is 21.7 Å². The maximum Gasteiger partial charge on any atom is 0.226 e. The van der Waals surface area contributed by atoms with E-state index >= 15 is 0 Å². The number of carbonyl (C=O) groups is 1. The molecule has 1 aromatic rings. The largest absolute Gasteiger partial charge is 0.497 e. The highest BCUT2D eigenvalue weighted by Crippen LogP contribution is 2.29. The Morgan fingerprint density at radius 3 is 2.80 bits per heavy atom. The summed E-state index contributed by atoms with van der Waals surface area (Å²) in [7, 11) is 1.50. The predicted octanol–water partition coefficient (Wildman–Crippen LogP) is 3.35. The van der Waals surface area contributed by atoms with Crippen molar-refractivity contribution < 1.29 is 13.9 Å². The highest BCUT2D eigenvalue weighted by molar-refractivity contribution is 9.10. The molecule has 0 unspecified atom stereocenters. The number of methoxy groups -OCH3 is 1. The number of halogens is 2. The fraction of sp³-hybridized carbons (Fsp3) is 0.364. The molecule has 0 aliphatic heterocycles. The van der Waals surface area contributed by atoms with Crippen LogP contribution in [0.25, 0.3) is 0 Å². The fourth-order valence-electron chi connectivity index (χ4n) is 1.14. The molecule has 0 aliphatic rings. The maximum atomic E-state index is 13.7. The van der Waals surface area contributed by atoms with Gasteiger partial charge < -0.3 is 4.74 Å². The van der Waals surface area contributed by atoms with Crippen molar-refractivity contribution in [2.45, 2.75) is 17.9 Å².